The number of rotatable bonds is 8. The van der Waals surface area contributed by atoms with Crippen LogP contribution < -0.4 is 16.0 Å². The monoisotopic (exact) mass is 553 g/mol. The number of piperidine rings is 1. The Bertz CT molecular complexity index is 1510. The summed E-state index contributed by atoms with van der Waals surface area (Å²) in [6, 6.07) is 12.9. The fourth-order valence-corrected chi connectivity index (χ4v) is 6.70. The van der Waals surface area contributed by atoms with E-state index in [2.05, 4.69) is 42.6 Å². The molecule has 6 rings (SSSR count). The molecule has 1 aliphatic heterocycles. The molecule has 12 nitrogen and oxygen atoms in total. The van der Waals surface area contributed by atoms with Crippen molar-refractivity contribution in [3.8, 4) is 17.2 Å². The summed E-state index contributed by atoms with van der Waals surface area (Å²) in [6.07, 6.45) is 2.20. The van der Waals surface area contributed by atoms with Gasteiger partial charge in [-0.2, -0.15) is 10.5 Å². The van der Waals surface area contributed by atoms with E-state index in [0.29, 0.717) is 29.3 Å². The van der Waals surface area contributed by atoms with Gasteiger partial charge in [0.1, 0.15) is 6.04 Å². The molecule has 0 bridgehead atoms. The Balaban J connectivity index is 1.38. The molecule has 1 saturated carbocycles. The third-order valence-corrected chi connectivity index (χ3v) is 8.71. The highest BCUT2D eigenvalue weighted by Gasteiger charge is 2.54. The minimum atomic E-state index is -0.875. The highest BCUT2D eigenvalue weighted by atomic mass is 16.2. The highest BCUT2D eigenvalue weighted by molar-refractivity contribution is 5.99. The van der Waals surface area contributed by atoms with Crippen molar-refractivity contribution in [2.24, 2.45) is 5.92 Å². The van der Waals surface area contributed by atoms with E-state index in [1.807, 2.05) is 31.2 Å². The van der Waals surface area contributed by atoms with E-state index < -0.39 is 5.41 Å². The van der Waals surface area contributed by atoms with Gasteiger partial charge in [0.15, 0.2) is 5.82 Å². The number of aromatic nitrogens is 4. The number of fused-ring (bicyclic) bond motifs is 4. The molecular formula is C29H31N9O3. The fraction of sp³-hybridized carbons (Fsp3) is 0.414. The molecule has 2 aromatic carbocycles. The van der Waals surface area contributed by atoms with Gasteiger partial charge in [-0.3, -0.25) is 14.4 Å². The second-order valence-corrected chi connectivity index (χ2v) is 11.1. The predicted octanol–water partition coefficient (Wildman–Crippen LogP) is 1.11. The summed E-state index contributed by atoms with van der Waals surface area (Å²) >= 11 is 0. The summed E-state index contributed by atoms with van der Waals surface area (Å²) in [5.41, 5.74) is 3.45. The Morgan fingerprint density at radius 1 is 1.07 bits per heavy atom. The van der Waals surface area contributed by atoms with Crippen LogP contribution in [0.1, 0.15) is 63.9 Å². The Labute approximate surface area is 236 Å². The van der Waals surface area contributed by atoms with Crippen molar-refractivity contribution < 1.29 is 14.4 Å². The van der Waals surface area contributed by atoms with Crippen LogP contribution in [0.3, 0.4) is 0 Å². The molecule has 3 amide bonds. The summed E-state index contributed by atoms with van der Waals surface area (Å²) in [5, 5.41) is 33.5. The fourth-order valence-electron chi connectivity index (χ4n) is 6.70. The third kappa shape index (κ3) is 4.24. The van der Waals surface area contributed by atoms with Crippen LogP contribution in [0.25, 0.3) is 11.1 Å². The standard InChI is InChI=1S/C29H31N9O3/c1-15(33-14-25(39)38-19(13-30)8-18-11-24(18)38)12-29(28-34-36-37-35-28)22-6-4-16(26(40)31-2)9-20(22)21-10-17(27(41)32-3)5-7-23(21)29/h4-7,9-10,15,18-19,24,33H,8,11-12,14H2,1-3H3,(H,31,40)(H,32,41)(H,34,35,36,37)/t15-,18+,19-,24-/m0/s1. The number of hydrogen-bond acceptors (Lipinski definition) is 8. The number of amides is 3. The van der Waals surface area contributed by atoms with E-state index in [1.165, 1.54) is 0 Å². The van der Waals surface area contributed by atoms with E-state index >= 15 is 0 Å². The maximum atomic E-state index is 13.2. The summed E-state index contributed by atoms with van der Waals surface area (Å²) < 4.78 is 0. The van der Waals surface area contributed by atoms with E-state index in [1.54, 1.807) is 31.1 Å². The summed E-state index contributed by atoms with van der Waals surface area (Å²) in [5.74, 6) is 0.381. The molecule has 3 aromatic rings. The van der Waals surface area contributed by atoms with Gasteiger partial charge in [-0.15, -0.1) is 10.2 Å². The Morgan fingerprint density at radius 3 is 2.24 bits per heavy atom. The maximum absolute atomic E-state index is 13.2. The van der Waals surface area contributed by atoms with E-state index in [0.717, 1.165) is 35.1 Å². The number of likely N-dealkylation sites (tertiary alicyclic amines) is 1. The number of benzene rings is 2. The Hall–Kier alpha value is -4.63. The number of nitrogens with one attached hydrogen (secondary N) is 4. The lowest BCUT2D eigenvalue weighted by atomic mass is 9.72. The normalized spacial score (nSPS) is 21.7. The first-order valence-electron chi connectivity index (χ1n) is 13.7. The Kier molecular flexibility index (Phi) is 6.54. The molecular weight excluding hydrogens is 522 g/mol. The molecule has 4 atom stereocenters. The number of hydrogen-bond donors (Lipinski definition) is 4. The van der Waals surface area contributed by atoms with Crippen molar-refractivity contribution >= 4 is 17.7 Å². The second-order valence-electron chi connectivity index (χ2n) is 11.1. The molecule has 0 radical (unpaired) electrons. The molecule has 4 N–H and O–H groups in total. The lowest BCUT2D eigenvalue weighted by Gasteiger charge is -2.32. The number of nitriles is 1. The zero-order valence-electron chi connectivity index (χ0n) is 23.1. The topological polar surface area (TPSA) is 169 Å². The van der Waals surface area contributed by atoms with Gasteiger partial charge in [-0.25, -0.2) is 0 Å². The van der Waals surface area contributed by atoms with Crippen molar-refractivity contribution in [1.29, 1.82) is 5.26 Å². The van der Waals surface area contributed by atoms with E-state index in [9.17, 15) is 19.6 Å². The van der Waals surface area contributed by atoms with Gasteiger partial charge in [-0.05, 0) is 78.6 Å². The molecule has 0 unspecified atom stereocenters. The van der Waals surface area contributed by atoms with Crippen LogP contribution in [-0.2, 0) is 10.2 Å². The van der Waals surface area contributed by atoms with Gasteiger partial charge in [-0.1, -0.05) is 17.3 Å². The van der Waals surface area contributed by atoms with Gasteiger partial charge in [0.2, 0.25) is 5.91 Å². The molecule has 210 valence electrons. The number of aromatic amines is 1. The lowest BCUT2D eigenvalue weighted by Crippen LogP contribution is -2.46. The summed E-state index contributed by atoms with van der Waals surface area (Å²) in [6.45, 7) is 2.10. The zero-order valence-corrected chi connectivity index (χ0v) is 23.1. The van der Waals surface area contributed by atoms with Crippen LogP contribution in [0.2, 0.25) is 0 Å². The van der Waals surface area contributed by atoms with Crippen LogP contribution >= 0.6 is 0 Å². The van der Waals surface area contributed by atoms with Crippen molar-refractivity contribution in [2.75, 3.05) is 20.6 Å². The number of carbonyl (C=O) groups excluding carboxylic acids is 3. The van der Waals surface area contributed by atoms with Crippen molar-refractivity contribution in [3.05, 3.63) is 64.5 Å². The van der Waals surface area contributed by atoms with Crippen LogP contribution in [0.4, 0.5) is 0 Å². The molecule has 12 heteroatoms. The van der Waals surface area contributed by atoms with Crippen molar-refractivity contribution in [3.63, 3.8) is 0 Å². The van der Waals surface area contributed by atoms with Crippen LogP contribution in [0.15, 0.2) is 36.4 Å². The van der Waals surface area contributed by atoms with Gasteiger partial charge < -0.3 is 20.9 Å². The first-order chi connectivity index (χ1) is 19.8. The number of carbonyl (C=O) groups is 3. The number of H-pyrrole nitrogens is 1. The molecule has 1 saturated heterocycles. The average molecular weight is 554 g/mol. The maximum Gasteiger partial charge on any atom is 0.251 e. The molecule has 2 fully saturated rings. The predicted molar refractivity (Wildman–Crippen MR) is 148 cm³/mol. The SMILES string of the molecule is CNC(=O)c1ccc2c(c1)-c1cc(C(=O)NC)ccc1C2(C[C@H](C)NCC(=O)N1[C@H](C#N)C[C@@H]2C[C@@H]21)c1nn[nH]n1. The minimum absolute atomic E-state index is 0.0697. The zero-order chi connectivity index (χ0) is 28.9. The van der Waals surface area contributed by atoms with E-state index in [4.69, 9.17) is 0 Å². The molecule has 0 spiro atoms. The van der Waals surface area contributed by atoms with Gasteiger partial charge in [0.25, 0.3) is 11.8 Å². The smallest absolute Gasteiger partial charge is 0.251 e. The number of nitrogens with zero attached hydrogens (tertiary/aromatic N) is 5. The Morgan fingerprint density at radius 2 is 1.71 bits per heavy atom. The average Bonchev–Trinajstić information content (AvgIpc) is 3.33. The van der Waals surface area contributed by atoms with Crippen molar-refractivity contribution in [2.45, 2.75) is 49.7 Å². The third-order valence-electron chi connectivity index (χ3n) is 8.71. The van der Waals surface area contributed by atoms with Gasteiger partial charge in [0, 0.05) is 37.3 Å². The molecule has 2 aliphatic carbocycles. The molecule has 1 aromatic heterocycles. The second kappa shape index (κ2) is 10.1. The molecule has 3 aliphatic rings. The van der Waals surface area contributed by atoms with E-state index in [-0.39, 0.29) is 42.4 Å². The highest BCUT2D eigenvalue weighted by Crippen LogP contribution is 2.54. The molecule has 41 heavy (non-hydrogen) atoms. The molecule has 2 heterocycles. The summed E-state index contributed by atoms with van der Waals surface area (Å²) in [7, 11) is 3.16. The summed E-state index contributed by atoms with van der Waals surface area (Å²) in [4.78, 5) is 40.0. The minimum Gasteiger partial charge on any atom is -0.355 e. The van der Waals surface area contributed by atoms with Crippen molar-refractivity contribution in [1.82, 2.24) is 41.5 Å². The van der Waals surface area contributed by atoms with Gasteiger partial charge >= 0.3 is 0 Å². The largest absolute Gasteiger partial charge is 0.355 e. The number of tetrazole rings is 1. The first-order valence-corrected chi connectivity index (χ1v) is 13.7. The first kappa shape index (κ1) is 26.6. The van der Waals surface area contributed by atoms with Crippen LogP contribution in [0.5, 0.6) is 0 Å². The van der Waals surface area contributed by atoms with Gasteiger partial charge in [0.05, 0.1) is 18.0 Å². The van der Waals surface area contributed by atoms with Crippen LogP contribution in [0, 0.1) is 17.2 Å². The lowest BCUT2D eigenvalue weighted by molar-refractivity contribution is -0.131. The quantitative estimate of drug-likeness (QED) is 0.322. The van der Waals surface area contributed by atoms with Crippen LogP contribution in [-0.4, -0.2) is 82.0 Å².